The van der Waals surface area contributed by atoms with Crippen LogP contribution in [0.15, 0.2) is 72.8 Å². The molecule has 0 N–H and O–H groups in total. The molecule has 146 valence electrons. The van der Waals surface area contributed by atoms with E-state index in [0.29, 0.717) is 22.6 Å². The van der Waals surface area contributed by atoms with Crippen LogP contribution in [0, 0.1) is 24.7 Å². The Kier molecular flexibility index (Phi) is 7.04. The van der Waals surface area contributed by atoms with Crippen LogP contribution >= 0.6 is 16.5 Å². The standard InChI is InChI=1S/C22H14O6P2/c1-3-17-8-12-19(13-9-17)25-29(23)27-21-6-5-7-22(16-21)28-30(24)26-20-14-10-18(4-2)11-15-20/h1-2,5-16H/q+2. The number of benzene rings is 3. The lowest BCUT2D eigenvalue weighted by atomic mass is 10.2. The average molecular weight is 436 g/mol. The third kappa shape index (κ3) is 6.09. The van der Waals surface area contributed by atoms with E-state index in [1.165, 1.54) is 6.07 Å². The maximum Gasteiger partial charge on any atom is 0.805 e. The fourth-order valence-corrected chi connectivity index (χ4v) is 3.43. The first-order valence-corrected chi connectivity index (χ1v) is 10.6. The van der Waals surface area contributed by atoms with Crippen molar-refractivity contribution in [3.63, 3.8) is 0 Å². The molecule has 6 nitrogen and oxygen atoms in total. The molecule has 2 unspecified atom stereocenters. The first kappa shape index (κ1) is 20.9. The zero-order valence-electron chi connectivity index (χ0n) is 15.4. The fraction of sp³-hybridized carbons (Fsp3) is 0. The zero-order chi connectivity index (χ0) is 21.3. The van der Waals surface area contributed by atoms with Gasteiger partial charge in [-0.3, -0.25) is 0 Å². The van der Waals surface area contributed by atoms with Gasteiger partial charge < -0.3 is 0 Å². The SMILES string of the molecule is C#Cc1ccc(O[P+](=O)Oc2cccc(O[P+](=O)Oc3ccc(C#C)cc3)c2)cc1. The molecule has 0 aliphatic heterocycles. The normalized spacial score (nSPS) is 10.7. The second-order valence-corrected chi connectivity index (χ2v) is 7.25. The van der Waals surface area contributed by atoms with Gasteiger partial charge in [-0.15, -0.1) is 12.8 Å². The first-order chi connectivity index (χ1) is 14.6. The van der Waals surface area contributed by atoms with Crippen molar-refractivity contribution in [2.45, 2.75) is 0 Å². The van der Waals surface area contributed by atoms with Crippen LogP contribution in [0.1, 0.15) is 11.1 Å². The quantitative estimate of drug-likeness (QED) is 0.325. The third-order valence-corrected chi connectivity index (χ3v) is 5.01. The van der Waals surface area contributed by atoms with Crippen LogP contribution < -0.4 is 18.1 Å². The fourth-order valence-electron chi connectivity index (χ4n) is 2.19. The molecule has 8 heteroatoms. The maximum absolute atomic E-state index is 12.1. The van der Waals surface area contributed by atoms with Crippen molar-refractivity contribution in [2.24, 2.45) is 0 Å². The van der Waals surface area contributed by atoms with Crippen molar-refractivity contribution >= 4 is 16.5 Å². The predicted octanol–water partition coefficient (Wildman–Crippen LogP) is 5.88. The predicted molar refractivity (Wildman–Crippen MR) is 113 cm³/mol. The molecule has 0 aromatic heterocycles. The molecule has 0 saturated carbocycles. The minimum Gasteiger partial charge on any atom is -0.222 e. The van der Waals surface area contributed by atoms with Gasteiger partial charge in [0.15, 0.2) is 23.0 Å². The highest BCUT2D eigenvalue weighted by atomic mass is 31.1. The van der Waals surface area contributed by atoms with E-state index in [0.717, 1.165) is 0 Å². The van der Waals surface area contributed by atoms with E-state index in [1.54, 1.807) is 66.7 Å². The smallest absolute Gasteiger partial charge is 0.222 e. The van der Waals surface area contributed by atoms with Gasteiger partial charge in [0.2, 0.25) is 0 Å². The Morgan fingerprint density at radius 3 is 1.30 bits per heavy atom. The summed E-state index contributed by atoms with van der Waals surface area (Å²) in [6, 6.07) is 19.1. The van der Waals surface area contributed by atoms with E-state index in [-0.39, 0.29) is 11.5 Å². The summed E-state index contributed by atoms with van der Waals surface area (Å²) in [5.74, 6) is 6.04. The van der Waals surface area contributed by atoms with Gasteiger partial charge in [-0.2, -0.15) is 0 Å². The molecule has 0 aliphatic rings. The van der Waals surface area contributed by atoms with E-state index in [9.17, 15) is 9.13 Å². The van der Waals surface area contributed by atoms with Crippen molar-refractivity contribution in [1.29, 1.82) is 0 Å². The Bertz CT molecular complexity index is 1050. The highest BCUT2D eigenvalue weighted by molar-refractivity contribution is 7.34. The van der Waals surface area contributed by atoms with E-state index in [4.69, 9.17) is 30.9 Å². The summed E-state index contributed by atoms with van der Waals surface area (Å²) in [4.78, 5) is 0. The second kappa shape index (κ2) is 10.1. The Hall–Kier alpha value is -3.82. The molecule has 0 fully saturated rings. The minimum absolute atomic E-state index is 0.204. The van der Waals surface area contributed by atoms with Gasteiger partial charge in [0, 0.05) is 26.3 Å². The summed E-state index contributed by atoms with van der Waals surface area (Å²) in [5.41, 5.74) is 1.35. The summed E-state index contributed by atoms with van der Waals surface area (Å²) in [6.45, 7) is 0. The molecule has 30 heavy (non-hydrogen) atoms. The third-order valence-electron chi connectivity index (χ3n) is 3.57. The molecule has 0 saturated heterocycles. The van der Waals surface area contributed by atoms with Gasteiger partial charge in [-0.25, -0.2) is 18.1 Å². The number of terminal acetylenes is 2. The highest BCUT2D eigenvalue weighted by Gasteiger charge is 2.27. The molecule has 0 spiro atoms. The molecular formula is C22H14O6P2+2. The topological polar surface area (TPSA) is 71.1 Å². The van der Waals surface area contributed by atoms with Crippen molar-refractivity contribution < 1.29 is 27.2 Å². The molecule has 2 atom stereocenters. The lowest BCUT2D eigenvalue weighted by Crippen LogP contribution is -1.91. The van der Waals surface area contributed by atoms with Crippen molar-refractivity contribution in [3.05, 3.63) is 83.9 Å². The zero-order valence-corrected chi connectivity index (χ0v) is 17.2. The summed E-state index contributed by atoms with van der Waals surface area (Å²) < 4.78 is 45.1. The van der Waals surface area contributed by atoms with E-state index in [1.807, 2.05) is 0 Å². The lowest BCUT2D eigenvalue weighted by Gasteiger charge is -1.97. The number of rotatable bonds is 8. The second-order valence-electron chi connectivity index (χ2n) is 5.62. The van der Waals surface area contributed by atoms with Crippen molar-refractivity contribution in [2.75, 3.05) is 0 Å². The van der Waals surface area contributed by atoms with Gasteiger partial charge in [0.1, 0.15) is 0 Å². The summed E-state index contributed by atoms with van der Waals surface area (Å²) in [7, 11) is -5.00. The number of hydrogen-bond donors (Lipinski definition) is 0. The summed E-state index contributed by atoms with van der Waals surface area (Å²) in [5, 5.41) is 0. The number of hydrogen-bond acceptors (Lipinski definition) is 6. The molecular weight excluding hydrogens is 422 g/mol. The van der Waals surface area contributed by atoms with E-state index < -0.39 is 16.5 Å². The van der Waals surface area contributed by atoms with E-state index >= 15 is 0 Å². The molecule has 0 bridgehead atoms. The Morgan fingerprint density at radius 2 is 0.933 bits per heavy atom. The van der Waals surface area contributed by atoms with Gasteiger partial charge in [-0.1, -0.05) is 17.9 Å². The van der Waals surface area contributed by atoms with Crippen LogP contribution in [-0.2, 0) is 9.13 Å². The van der Waals surface area contributed by atoms with Gasteiger partial charge in [0.25, 0.3) is 0 Å². The highest BCUT2D eigenvalue weighted by Crippen LogP contribution is 2.35. The van der Waals surface area contributed by atoms with Crippen molar-refractivity contribution in [1.82, 2.24) is 0 Å². The summed E-state index contributed by atoms with van der Waals surface area (Å²) in [6.07, 6.45) is 10.6. The van der Waals surface area contributed by atoms with Crippen LogP contribution in [0.3, 0.4) is 0 Å². The minimum atomic E-state index is -2.50. The Morgan fingerprint density at radius 1 is 0.567 bits per heavy atom. The summed E-state index contributed by atoms with van der Waals surface area (Å²) >= 11 is 0. The first-order valence-electron chi connectivity index (χ1n) is 8.45. The average Bonchev–Trinajstić information content (AvgIpc) is 2.75. The lowest BCUT2D eigenvalue weighted by molar-refractivity contribution is 0.409. The molecule has 0 radical (unpaired) electrons. The molecule has 0 heterocycles. The largest absolute Gasteiger partial charge is 0.805 e. The molecule has 3 aromatic carbocycles. The Balaban J connectivity index is 1.56. The van der Waals surface area contributed by atoms with Crippen LogP contribution in [-0.4, -0.2) is 0 Å². The van der Waals surface area contributed by atoms with Crippen LogP contribution in [0.25, 0.3) is 0 Å². The maximum atomic E-state index is 12.1. The molecule has 0 aliphatic carbocycles. The van der Waals surface area contributed by atoms with E-state index in [2.05, 4.69) is 11.8 Å². The van der Waals surface area contributed by atoms with Crippen LogP contribution in [0.5, 0.6) is 23.0 Å². The van der Waals surface area contributed by atoms with Gasteiger partial charge >= 0.3 is 16.5 Å². The van der Waals surface area contributed by atoms with Gasteiger partial charge in [0.05, 0.1) is 0 Å². The van der Waals surface area contributed by atoms with Gasteiger partial charge in [-0.05, 0) is 60.7 Å². The van der Waals surface area contributed by atoms with Crippen LogP contribution in [0.4, 0.5) is 0 Å². The molecule has 0 amide bonds. The van der Waals surface area contributed by atoms with Crippen LogP contribution in [0.2, 0.25) is 0 Å². The monoisotopic (exact) mass is 436 g/mol. The molecule has 3 rings (SSSR count). The molecule has 3 aromatic rings. The Labute approximate surface area is 175 Å². The van der Waals surface area contributed by atoms with Crippen molar-refractivity contribution in [3.8, 4) is 47.7 Å².